The number of nitrogens with zero attached hydrogens (tertiary/aromatic N) is 3. The average molecular weight is 413 g/mol. The molecule has 5 nitrogen and oxygen atoms in total. The van der Waals surface area contributed by atoms with Crippen LogP contribution in [0.3, 0.4) is 0 Å². The van der Waals surface area contributed by atoms with E-state index in [2.05, 4.69) is 88.4 Å². The second-order valence-electron chi connectivity index (χ2n) is 9.07. The molecule has 2 aromatic carbocycles. The maximum atomic E-state index is 5.71. The summed E-state index contributed by atoms with van der Waals surface area (Å²) in [6.07, 6.45) is 6.34. The number of hydrogen-bond donors (Lipinski definition) is 1. The first kappa shape index (κ1) is 18.7. The summed E-state index contributed by atoms with van der Waals surface area (Å²) in [4.78, 5) is 6.36. The van der Waals surface area contributed by atoms with Gasteiger partial charge in [0.1, 0.15) is 5.75 Å². The molecule has 0 spiro atoms. The Morgan fingerprint density at radius 3 is 2.94 bits per heavy atom. The Morgan fingerprint density at radius 2 is 2.06 bits per heavy atom. The summed E-state index contributed by atoms with van der Waals surface area (Å²) < 4.78 is 7.78. The lowest BCUT2D eigenvalue weighted by atomic mass is 9.93. The minimum Gasteiger partial charge on any atom is -0.493 e. The maximum absolute atomic E-state index is 5.71. The lowest BCUT2D eigenvalue weighted by Gasteiger charge is -2.35. The van der Waals surface area contributed by atoms with E-state index in [1.165, 1.54) is 38.9 Å². The van der Waals surface area contributed by atoms with Crippen LogP contribution in [0.4, 0.5) is 0 Å². The fourth-order valence-corrected chi connectivity index (χ4v) is 5.19. The number of aromatic amines is 1. The molecule has 31 heavy (non-hydrogen) atoms. The third-order valence-corrected chi connectivity index (χ3v) is 6.74. The quantitative estimate of drug-likeness (QED) is 0.511. The van der Waals surface area contributed by atoms with Gasteiger partial charge >= 0.3 is 0 Å². The number of rotatable bonds is 4. The van der Waals surface area contributed by atoms with Gasteiger partial charge in [0.25, 0.3) is 0 Å². The summed E-state index contributed by atoms with van der Waals surface area (Å²) >= 11 is 0. The molecule has 0 saturated carbocycles. The Balaban J connectivity index is 1.42. The van der Waals surface area contributed by atoms with Crippen molar-refractivity contribution >= 4 is 10.9 Å². The molecule has 0 fully saturated rings. The summed E-state index contributed by atoms with van der Waals surface area (Å²) in [7, 11) is 0. The molecule has 1 N–H and O–H groups in total. The van der Waals surface area contributed by atoms with Crippen LogP contribution >= 0.6 is 0 Å². The number of fused-ring (bicyclic) bond motifs is 4. The molecule has 5 heteroatoms. The molecule has 0 aliphatic carbocycles. The third-order valence-electron chi connectivity index (χ3n) is 6.74. The molecule has 2 aliphatic heterocycles. The predicted molar refractivity (Wildman–Crippen MR) is 123 cm³/mol. The smallest absolute Gasteiger partial charge is 0.122 e. The van der Waals surface area contributed by atoms with Crippen molar-refractivity contribution in [3.8, 4) is 5.75 Å². The van der Waals surface area contributed by atoms with E-state index in [0.29, 0.717) is 6.04 Å². The number of aromatic nitrogens is 3. The van der Waals surface area contributed by atoms with E-state index >= 15 is 0 Å². The molecule has 1 atom stereocenters. The average Bonchev–Trinajstić information content (AvgIpc) is 3.51. The number of hydrogen-bond acceptors (Lipinski definition) is 3. The highest BCUT2D eigenvalue weighted by Crippen LogP contribution is 2.39. The highest BCUT2D eigenvalue weighted by molar-refractivity contribution is 5.85. The summed E-state index contributed by atoms with van der Waals surface area (Å²) in [6, 6.07) is 15.9. The normalized spacial score (nSPS) is 18.4. The van der Waals surface area contributed by atoms with Crippen LogP contribution in [0.15, 0.2) is 54.9 Å². The Kier molecular flexibility index (Phi) is 4.39. The first-order valence-corrected chi connectivity index (χ1v) is 11.3. The van der Waals surface area contributed by atoms with Gasteiger partial charge in [-0.15, -0.1) is 0 Å². The molecule has 0 saturated heterocycles. The van der Waals surface area contributed by atoms with E-state index in [1.807, 2.05) is 0 Å². The minimum absolute atomic E-state index is 0.174. The van der Waals surface area contributed by atoms with E-state index in [4.69, 9.17) is 4.74 Å². The number of benzene rings is 2. The van der Waals surface area contributed by atoms with Gasteiger partial charge in [-0.1, -0.05) is 30.3 Å². The molecule has 2 aliphatic rings. The molecule has 0 amide bonds. The van der Waals surface area contributed by atoms with Gasteiger partial charge in [-0.3, -0.25) is 9.58 Å². The van der Waals surface area contributed by atoms with Crippen molar-refractivity contribution in [1.29, 1.82) is 0 Å². The number of ether oxygens (including phenoxy) is 1. The fourth-order valence-electron chi connectivity index (χ4n) is 5.19. The standard InChI is InChI=1S/C26H28N4O/c1-17(2)30-16-20(14-27-30)26-25-22(21-5-3-4-6-23(21)28-25)9-11-29(26)15-18-7-8-24-19(13-18)10-12-31-24/h3-8,13-14,16-17,26,28H,9-12,15H2,1-2H3. The molecule has 158 valence electrons. The molecule has 6 rings (SSSR count). The van der Waals surface area contributed by atoms with Crippen molar-refractivity contribution in [2.45, 2.75) is 45.3 Å². The van der Waals surface area contributed by atoms with E-state index in [-0.39, 0.29) is 6.04 Å². The molecule has 1 unspecified atom stereocenters. The van der Waals surface area contributed by atoms with Gasteiger partial charge in [-0.05, 0) is 49.1 Å². The molecule has 2 aromatic heterocycles. The van der Waals surface area contributed by atoms with Gasteiger partial charge in [0.15, 0.2) is 0 Å². The van der Waals surface area contributed by atoms with Gasteiger partial charge < -0.3 is 9.72 Å². The van der Waals surface area contributed by atoms with Gasteiger partial charge in [0.05, 0.1) is 18.8 Å². The van der Waals surface area contributed by atoms with Crippen LogP contribution in [0.1, 0.15) is 53.9 Å². The second kappa shape index (κ2) is 7.27. The summed E-state index contributed by atoms with van der Waals surface area (Å²) in [5.41, 5.74) is 7.95. The van der Waals surface area contributed by atoms with Crippen molar-refractivity contribution in [2.75, 3.05) is 13.2 Å². The van der Waals surface area contributed by atoms with Crippen molar-refractivity contribution in [1.82, 2.24) is 19.7 Å². The van der Waals surface area contributed by atoms with Crippen LogP contribution in [0.2, 0.25) is 0 Å². The first-order chi connectivity index (χ1) is 15.2. The van der Waals surface area contributed by atoms with E-state index in [9.17, 15) is 0 Å². The number of H-pyrrole nitrogens is 1. The van der Waals surface area contributed by atoms with Gasteiger partial charge in [-0.2, -0.15) is 5.10 Å². The highest BCUT2D eigenvalue weighted by atomic mass is 16.5. The van der Waals surface area contributed by atoms with E-state index in [1.54, 1.807) is 0 Å². The lowest BCUT2D eigenvalue weighted by Crippen LogP contribution is -2.35. The van der Waals surface area contributed by atoms with Crippen LogP contribution in [-0.2, 0) is 19.4 Å². The SMILES string of the molecule is CC(C)n1cc(C2c3[nH]c4ccccc4c3CCN2Cc2ccc3c(c2)CCO3)cn1. The first-order valence-electron chi connectivity index (χ1n) is 11.3. The Hall–Kier alpha value is -3.05. The minimum atomic E-state index is 0.174. The zero-order chi connectivity index (χ0) is 20.9. The van der Waals surface area contributed by atoms with Crippen molar-refractivity contribution in [3.05, 3.63) is 82.8 Å². The Labute approximate surface area is 182 Å². The zero-order valence-corrected chi connectivity index (χ0v) is 18.1. The Morgan fingerprint density at radius 1 is 1.16 bits per heavy atom. The van der Waals surface area contributed by atoms with Crippen molar-refractivity contribution < 1.29 is 4.74 Å². The predicted octanol–water partition coefficient (Wildman–Crippen LogP) is 5.03. The highest BCUT2D eigenvalue weighted by Gasteiger charge is 2.32. The molecule has 0 bridgehead atoms. The monoisotopic (exact) mass is 412 g/mol. The topological polar surface area (TPSA) is 46.1 Å². The van der Waals surface area contributed by atoms with Gasteiger partial charge in [0, 0.05) is 53.9 Å². The number of nitrogens with one attached hydrogen (secondary N) is 1. The number of para-hydroxylation sites is 1. The van der Waals surface area contributed by atoms with E-state index < -0.39 is 0 Å². The summed E-state index contributed by atoms with van der Waals surface area (Å²) in [6.45, 7) is 7.10. The van der Waals surface area contributed by atoms with Crippen molar-refractivity contribution in [2.24, 2.45) is 0 Å². The van der Waals surface area contributed by atoms with Crippen LogP contribution in [0.25, 0.3) is 10.9 Å². The molecule has 0 radical (unpaired) electrons. The molecular weight excluding hydrogens is 384 g/mol. The van der Waals surface area contributed by atoms with Gasteiger partial charge in [-0.25, -0.2) is 0 Å². The van der Waals surface area contributed by atoms with Crippen LogP contribution in [-0.4, -0.2) is 32.8 Å². The summed E-state index contributed by atoms with van der Waals surface area (Å²) in [5, 5.41) is 6.02. The van der Waals surface area contributed by atoms with Crippen LogP contribution in [0, 0.1) is 0 Å². The van der Waals surface area contributed by atoms with Gasteiger partial charge in [0.2, 0.25) is 0 Å². The maximum Gasteiger partial charge on any atom is 0.122 e. The van der Waals surface area contributed by atoms with Crippen LogP contribution in [0.5, 0.6) is 5.75 Å². The fraction of sp³-hybridized carbons (Fsp3) is 0.346. The molecule has 4 heterocycles. The van der Waals surface area contributed by atoms with Crippen molar-refractivity contribution in [3.63, 3.8) is 0 Å². The largest absolute Gasteiger partial charge is 0.493 e. The second-order valence-corrected chi connectivity index (χ2v) is 9.07. The molecule has 4 aromatic rings. The summed E-state index contributed by atoms with van der Waals surface area (Å²) in [5.74, 6) is 1.05. The Bertz CT molecular complexity index is 1250. The molecular formula is C26H28N4O. The zero-order valence-electron chi connectivity index (χ0n) is 18.1. The third kappa shape index (κ3) is 3.15. The van der Waals surface area contributed by atoms with Crippen LogP contribution < -0.4 is 4.74 Å². The lowest BCUT2D eigenvalue weighted by molar-refractivity contribution is 0.202. The van der Waals surface area contributed by atoms with E-state index in [0.717, 1.165) is 38.3 Å².